The maximum absolute atomic E-state index is 12.6. The number of hydrogen-bond donors (Lipinski definition) is 8. The van der Waals surface area contributed by atoms with Crippen molar-refractivity contribution in [1.82, 2.24) is 16.0 Å². The van der Waals surface area contributed by atoms with Crippen molar-refractivity contribution >= 4 is 48.3 Å². The molecule has 32 heavy (non-hydrogen) atoms. The molecule has 14 heteroatoms. The van der Waals surface area contributed by atoms with E-state index in [1.165, 1.54) is 0 Å². The highest BCUT2D eigenvalue weighted by molar-refractivity contribution is 7.80. The lowest BCUT2D eigenvalue weighted by molar-refractivity contribution is -0.142. The SMILES string of the molecule is CC(C)CC(NC(=O)C(CS)NC(=O)C(CCC(=O)O)NC(=O)C(N)CC(=O)O)C(=O)O. The Labute approximate surface area is 189 Å². The lowest BCUT2D eigenvalue weighted by Crippen LogP contribution is -2.57. The number of nitrogens with one attached hydrogen (secondary N) is 3. The van der Waals surface area contributed by atoms with Gasteiger partial charge in [0.2, 0.25) is 17.7 Å². The summed E-state index contributed by atoms with van der Waals surface area (Å²) in [5.74, 6) is -6.87. The first kappa shape index (κ1) is 29.1. The molecule has 4 atom stereocenters. The molecule has 0 aliphatic heterocycles. The molecule has 0 heterocycles. The number of nitrogens with two attached hydrogens (primary N) is 1. The van der Waals surface area contributed by atoms with Crippen LogP contribution >= 0.6 is 12.6 Å². The zero-order chi connectivity index (χ0) is 25.0. The van der Waals surface area contributed by atoms with E-state index < -0.39 is 72.6 Å². The molecule has 0 spiro atoms. The van der Waals surface area contributed by atoms with Crippen LogP contribution in [0.25, 0.3) is 0 Å². The van der Waals surface area contributed by atoms with Crippen LogP contribution in [0.1, 0.15) is 39.5 Å². The molecule has 13 nitrogen and oxygen atoms in total. The van der Waals surface area contributed by atoms with E-state index in [4.69, 9.17) is 15.9 Å². The molecule has 0 saturated carbocycles. The molecule has 8 N–H and O–H groups in total. The highest BCUT2D eigenvalue weighted by atomic mass is 32.1. The molecule has 0 aromatic carbocycles. The molecule has 0 bridgehead atoms. The summed E-state index contributed by atoms with van der Waals surface area (Å²) in [7, 11) is 0. The molecule has 0 aliphatic carbocycles. The van der Waals surface area contributed by atoms with Crippen LogP contribution in [-0.4, -0.2) is 80.9 Å². The Morgan fingerprint density at radius 3 is 1.75 bits per heavy atom. The average Bonchev–Trinajstić information content (AvgIpc) is 2.66. The third kappa shape index (κ3) is 11.5. The van der Waals surface area contributed by atoms with Crippen LogP contribution in [0, 0.1) is 5.92 Å². The molecular formula is C18H30N4O9S. The van der Waals surface area contributed by atoms with Crippen LogP contribution < -0.4 is 21.7 Å². The molecule has 4 unspecified atom stereocenters. The number of rotatable bonds is 15. The fraction of sp³-hybridized carbons (Fsp3) is 0.667. The van der Waals surface area contributed by atoms with Gasteiger partial charge >= 0.3 is 17.9 Å². The lowest BCUT2D eigenvalue weighted by atomic mass is 10.0. The van der Waals surface area contributed by atoms with Gasteiger partial charge in [0.05, 0.1) is 12.5 Å². The normalized spacial score (nSPS) is 14.5. The summed E-state index contributed by atoms with van der Waals surface area (Å²) in [6, 6.07) is -5.39. The Bertz CT molecular complexity index is 717. The van der Waals surface area contributed by atoms with Crippen molar-refractivity contribution in [3.8, 4) is 0 Å². The number of carboxylic acid groups (broad SMARTS) is 3. The third-order valence-electron chi connectivity index (χ3n) is 4.15. The average molecular weight is 479 g/mol. The molecule has 0 aromatic heterocycles. The van der Waals surface area contributed by atoms with Gasteiger partial charge in [0, 0.05) is 12.2 Å². The minimum atomic E-state index is -1.48. The van der Waals surface area contributed by atoms with Gasteiger partial charge in [-0.25, -0.2) is 4.79 Å². The number of hydrogen-bond acceptors (Lipinski definition) is 8. The van der Waals surface area contributed by atoms with Crippen molar-refractivity contribution in [1.29, 1.82) is 0 Å². The Balaban J connectivity index is 5.32. The van der Waals surface area contributed by atoms with Crippen molar-refractivity contribution < 1.29 is 44.1 Å². The van der Waals surface area contributed by atoms with E-state index in [-0.39, 0.29) is 24.5 Å². The second-order valence-electron chi connectivity index (χ2n) is 7.47. The number of amides is 3. The van der Waals surface area contributed by atoms with E-state index in [1.807, 2.05) is 0 Å². The fourth-order valence-electron chi connectivity index (χ4n) is 2.53. The van der Waals surface area contributed by atoms with E-state index in [1.54, 1.807) is 13.8 Å². The van der Waals surface area contributed by atoms with E-state index in [9.17, 15) is 33.9 Å². The summed E-state index contributed by atoms with van der Waals surface area (Å²) >= 11 is 3.98. The first-order valence-corrected chi connectivity index (χ1v) is 10.4. The molecule has 0 fully saturated rings. The summed E-state index contributed by atoms with van der Waals surface area (Å²) in [6.07, 6.45) is -1.45. The van der Waals surface area contributed by atoms with E-state index in [0.717, 1.165) is 0 Å². The Morgan fingerprint density at radius 1 is 0.812 bits per heavy atom. The predicted octanol–water partition coefficient (Wildman–Crippen LogP) is -1.83. The highest BCUT2D eigenvalue weighted by Gasteiger charge is 2.30. The van der Waals surface area contributed by atoms with Crippen molar-refractivity contribution in [2.45, 2.75) is 63.7 Å². The van der Waals surface area contributed by atoms with E-state index in [2.05, 4.69) is 28.6 Å². The van der Waals surface area contributed by atoms with Gasteiger partial charge in [0.1, 0.15) is 18.1 Å². The van der Waals surface area contributed by atoms with Crippen LogP contribution in [0.5, 0.6) is 0 Å². The quantitative estimate of drug-likeness (QED) is 0.123. The largest absolute Gasteiger partial charge is 0.481 e. The number of aliphatic carboxylic acids is 3. The topological polar surface area (TPSA) is 225 Å². The van der Waals surface area contributed by atoms with Gasteiger partial charge < -0.3 is 37.0 Å². The van der Waals surface area contributed by atoms with Gasteiger partial charge in [-0.1, -0.05) is 13.8 Å². The van der Waals surface area contributed by atoms with E-state index in [0.29, 0.717) is 0 Å². The molecular weight excluding hydrogens is 448 g/mol. The van der Waals surface area contributed by atoms with Gasteiger partial charge in [-0.2, -0.15) is 12.6 Å². The maximum Gasteiger partial charge on any atom is 0.326 e. The maximum atomic E-state index is 12.6. The summed E-state index contributed by atoms with van der Waals surface area (Å²) in [6.45, 7) is 3.54. The van der Waals surface area contributed by atoms with Crippen molar-refractivity contribution in [2.24, 2.45) is 11.7 Å². The van der Waals surface area contributed by atoms with Gasteiger partial charge in [-0.15, -0.1) is 0 Å². The lowest BCUT2D eigenvalue weighted by Gasteiger charge is -2.24. The zero-order valence-electron chi connectivity index (χ0n) is 17.7. The Morgan fingerprint density at radius 2 is 1.31 bits per heavy atom. The van der Waals surface area contributed by atoms with E-state index >= 15 is 0 Å². The molecule has 0 rings (SSSR count). The second-order valence-corrected chi connectivity index (χ2v) is 7.84. The van der Waals surface area contributed by atoms with Gasteiger partial charge in [-0.05, 0) is 18.8 Å². The van der Waals surface area contributed by atoms with Crippen molar-refractivity contribution in [2.75, 3.05) is 5.75 Å². The summed E-state index contributed by atoms with van der Waals surface area (Å²) in [5.41, 5.74) is 5.45. The molecule has 3 amide bonds. The molecule has 0 aromatic rings. The predicted molar refractivity (Wildman–Crippen MR) is 114 cm³/mol. The zero-order valence-corrected chi connectivity index (χ0v) is 18.6. The molecule has 0 saturated heterocycles. The minimum absolute atomic E-state index is 0.0361. The number of carbonyl (C=O) groups excluding carboxylic acids is 3. The number of thiol groups is 1. The molecule has 182 valence electrons. The Hall–Kier alpha value is -2.87. The smallest absolute Gasteiger partial charge is 0.326 e. The first-order chi connectivity index (χ1) is 14.8. The molecule has 0 radical (unpaired) electrons. The Kier molecular flexibility index (Phi) is 13.0. The highest BCUT2D eigenvalue weighted by Crippen LogP contribution is 2.06. The fourth-order valence-corrected chi connectivity index (χ4v) is 2.78. The molecule has 0 aliphatic rings. The summed E-state index contributed by atoms with van der Waals surface area (Å²) < 4.78 is 0. The van der Waals surface area contributed by atoms with Crippen LogP contribution in [0.15, 0.2) is 0 Å². The van der Waals surface area contributed by atoms with Crippen LogP contribution in [0.4, 0.5) is 0 Å². The van der Waals surface area contributed by atoms with Crippen LogP contribution in [-0.2, 0) is 28.8 Å². The van der Waals surface area contributed by atoms with Crippen LogP contribution in [0.2, 0.25) is 0 Å². The van der Waals surface area contributed by atoms with Crippen LogP contribution in [0.3, 0.4) is 0 Å². The number of carbonyl (C=O) groups is 6. The number of carboxylic acids is 3. The van der Waals surface area contributed by atoms with Gasteiger partial charge in [0.15, 0.2) is 0 Å². The summed E-state index contributed by atoms with van der Waals surface area (Å²) in [4.78, 5) is 70.0. The van der Waals surface area contributed by atoms with Gasteiger partial charge in [0.25, 0.3) is 0 Å². The second kappa shape index (κ2) is 14.2. The monoisotopic (exact) mass is 478 g/mol. The minimum Gasteiger partial charge on any atom is -0.481 e. The van der Waals surface area contributed by atoms with Gasteiger partial charge in [-0.3, -0.25) is 24.0 Å². The first-order valence-electron chi connectivity index (χ1n) is 9.72. The standard InChI is InChI=1S/C18H30N4O9S/c1-8(2)5-11(18(30)31)21-17(29)12(7-32)22-16(28)10(3-4-13(23)24)20-15(27)9(19)6-14(25)26/h8-12,32H,3-7,19H2,1-2H3,(H,20,27)(H,21,29)(H,22,28)(H,23,24)(H,25,26)(H,30,31). The summed E-state index contributed by atoms with van der Waals surface area (Å²) in [5, 5.41) is 33.6. The third-order valence-corrected chi connectivity index (χ3v) is 4.51. The van der Waals surface area contributed by atoms with Crippen molar-refractivity contribution in [3.05, 3.63) is 0 Å². The van der Waals surface area contributed by atoms with Crippen molar-refractivity contribution in [3.63, 3.8) is 0 Å².